The second-order valence-corrected chi connectivity index (χ2v) is 9.90. The van der Waals surface area contributed by atoms with E-state index in [-0.39, 0.29) is 18.4 Å². The van der Waals surface area contributed by atoms with Crippen molar-refractivity contribution in [2.45, 2.75) is 25.8 Å². The summed E-state index contributed by atoms with van der Waals surface area (Å²) in [5.74, 6) is 1.58. The van der Waals surface area contributed by atoms with Gasteiger partial charge in [0.25, 0.3) is 5.91 Å². The van der Waals surface area contributed by atoms with Gasteiger partial charge in [0.15, 0.2) is 0 Å². The van der Waals surface area contributed by atoms with Crippen molar-refractivity contribution < 1.29 is 9.59 Å². The molecule has 2 amide bonds. The maximum atomic E-state index is 13.2. The highest BCUT2D eigenvalue weighted by molar-refractivity contribution is 7.17. The largest absolute Gasteiger partial charge is 0.351 e. The van der Waals surface area contributed by atoms with Gasteiger partial charge in [-0.1, -0.05) is 24.3 Å². The highest BCUT2D eigenvalue weighted by atomic mass is 32.1. The Morgan fingerprint density at radius 3 is 2.81 bits per heavy atom. The summed E-state index contributed by atoms with van der Waals surface area (Å²) < 4.78 is 0. The number of carbonyl (C=O) groups excluding carboxylic acids is 2. The van der Waals surface area contributed by atoms with Crippen LogP contribution in [0.4, 0.5) is 10.8 Å². The molecular formula is C24H24N4O2S. The standard InChI is InChI=1S/C24H24N4O2S/c1-26-14-20(29)28(12-15-6-7-15)24-21(23(26)30)18-9-11-27(13-19(18)31-24)22-17-5-3-2-4-16(17)8-10-25-22/h2-5,8,10,15H,6-7,9,11-14H2,1H3. The molecule has 2 aliphatic heterocycles. The summed E-state index contributed by atoms with van der Waals surface area (Å²) in [5.41, 5.74) is 1.89. The Balaban J connectivity index is 1.41. The van der Waals surface area contributed by atoms with Crippen molar-refractivity contribution >= 4 is 44.7 Å². The van der Waals surface area contributed by atoms with Crippen LogP contribution in [0, 0.1) is 5.92 Å². The number of rotatable bonds is 3. The molecule has 158 valence electrons. The van der Waals surface area contributed by atoms with Gasteiger partial charge in [0.2, 0.25) is 5.91 Å². The van der Waals surface area contributed by atoms with E-state index in [1.165, 1.54) is 23.1 Å². The summed E-state index contributed by atoms with van der Waals surface area (Å²) in [7, 11) is 1.74. The summed E-state index contributed by atoms with van der Waals surface area (Å²) in [6.07, 6.45) is 5.01. The van der Waals surface area contributed by atoms with Crippen LogP contribution in [0.5, 0.6) is 0 Å². The summed E-state index contributed by atoms with van der Waals surface area (Å²) in [4.78, 5) is 37.8. The first kappa shape index (κ1) is 18.8. The number of amides is 2. The van der Waals surface area contributed by atoms with Crippen molar-refractivity contribution in [3.63, 3.8) is 0 Å². The van der Waals surface area contributed by atoms with Gasteiger partial charge in [0.1, 0.15) is 17.4 Å². The van der Waals surface area contributed by atoms with Gasteiger partial charge in [-0.15, -0.1) is 11.3 Å². The van der Waals surface area contributed by atoms with E-state index in [9.17, 15) is 9.59 Å². The second-order valence-electron chi connectivity index (χ2n) is 8.82. The third kappa shape index (κ3) is 3.10. The molecule has 0 spiro atoms. The first-order chi connectivity index (χ1) is 15.1. The van der Waals surface area contributed by atoms with Crippen molar-refractivity contribution in [3.8, 4) is 0 Å². The number of carbonyl (C=O) groups is 2. The lowest BCUT2D eigenvalue weighted by Crippen LogP contribution is -2.38. The Morgan fingerprint density at radius 2 is 1.97 bits per heavy atom. The molecule has 1 aromatic carbocycles. The molecule has 0 atom stereocenters. The van der Waals surface area contributed by atoms with Crippen LogP contribution in [-0.4, -0.2) is 48.4 Å². The number of likely N-dealkylation sites (N-methyl/N-ethyl adjacent to an activating group) is 1. The van der Waals surface area contributed by atoms with Crippen molar-refractivity contribution in [2.75, 3.05) is 36.5 Å². The summed E-state index contributed by atoms with van der Waals surface area (Å²) in [5, 5.41) is 3.19. The number of nitrogens with zero attached hydrogens (tertiary/aromatic N) is 4. The number of hydrogen-bond donors (Lipinski definition) is 0. The Labute approximate surface area is 185 Å². The van der Waals surface area contributed by atoms with E-state index in [0.29, 0.717) is 5.92 Å². The Morgan fingerprint density at radius 1 is 1.13 bits per heavy atom. The SMILES string of the molecule is CN1CC(=O)N(CC2CC2)c2sc3c(c2C1=O)CCN(c1nccc2ccccc12)C3. The van der Waals surface area contributed by atoms with E-state index in [2.05, 4.69) is 17.0 Å². The lowest BCUT2D eigenvalue weighted by atomic mass is 10.0. The van der Waals surface area contributed by atoms with Gasteiger partial charge in [-0.2, -0.15) is 0 Å². The lowest BCUT2D eigenvalue weighted by Gasteiger charge is -2.29. The fourth-order valence-electron chi connectivity index (χ4n) is 4.74. The van der Waals surface area contributed by atoms with Crippen LogP contribution in [0.2, 0.25) is 0 Å². The van der Waals surface area contributed by atoms with Crippen LogP contribution in [0.25, 0.3) is 10.8 Å². The highest BCUT2D eigenvalue weighted by Crippen LogP contribution is 2.44. The van der Waals surface area contributed by atoms with Gasteiger partial charge in [0.05, 0.1) is 12.1 Å². The molecule has 3 aliphatic rings. The van der Waals surface area contributed by atoms with Crippen molar-refractivity contribution in [2.24, 2.45) is 5.92 Å². The molecule has 2 aromatic heterocycles. The van der Waals surface area contributed by atoms with Gasteiger partial charge >= 0.3 is 0 Å². The van der Waals surface area contributed by atoms with Gasteiger partial charge in [0, 0.05) is 36.6 Å². The Bertz CT molecular complexity index is 1210. The Kier molecular flexibility index (Phi) is 4.28. The van der Waals surface area contributed by atoms with Crippen LogP contribution >= 0.6 is 11.3 Å². The predicted octanol–water partition coefficient (Wildman–Crippen LogP) is 3.69. The molecule has 1 saturated carbocycles. The normalized spacial score (nSPS) is 18.9. The molecule has 0 unspecified atom stereocenters. The smallest absolute Gasteiger partial charge is 0.257 e. The van der Waals surface area contributed by atoms with E-state index in [0.717, 1.165) is 53.4 Å². The second kappa shape index (κ2) is 7.05. The molecule has 0 saturated heterocycles. The van der Waals surface area contributed by atoms with Crippen molar-refractivity contribution in [3.05, 3.63) is 52.5 Å². The third-order valence-electron chi connectivity index (χ3n) is 6.61. The first-order valence-electron chi connectivity index (χ1n) is 10.9. The third-order valence-corrected chi connectivity index (χ3v) is 7.85. The number of thiophene rings is 1. The molecule has 6 rings (SSSR count). The molecule has 6 nitrogen and oxygen atoms in total. The molecule has 1 fully saturated rings. The average Bonchev–Trinajstić information content (AvgIpc) is 3.54. The highest BCUT2D eigenvalue weighted by Gasteiger charge is 2.39. The van der Waals surface area contributed by atoms with Crippen LogP contribution in [0.15, 0.2) is 36.5 Å². The molecule has 7 heteroatoms. The number of benzene rings is 1. The van der Waals surface area contributed by atoms with E-state index in [4.69, 9.17) is 4.98 Å². The molecule has 0 radical (unpaired) electrons. The summed E-state index contributed by atoms with van der Waals surface area (Å²) in [6.45, 7) is 2.43. The molecule has 0 bridgehead atoms. The van der Waals surface area contributed by atoms with Crippen molar-refractivity contribution in [1.82, 2.24) is 9.88 Å². The van der Waals surface area contributed by atoms with E-state index < -0.39 is 0 Å². The number of aromatic nitrogens is 1. The molecule has 4 heterocycles. The Hall–Kier alpha value is -2.93. The number of fused-ring (bicyclic) bond motifs is 4. The monoisotopic (exact) mass is 432 g/mol. The van der Waals surface area contributed by atoms with Crippen molar-refractivity contribution in [1.29, 1.82) is 0 Å². The number of hydrogen-bond acceptors (Lipinski definition) is 5. The van der Waals surface area contributed by atoms with Crippen LogP contribution in [0.3, 0.4) is 0 Å². The predicted molar refractivity (Wildman–Crippen MR) is 123 cm³/mol. The minimum Gasteiger partial charge on any atom is -0.351 e. The zero-order valence-electron chi connectivity index (χ0n) is 17.5. The minimum absolute atomic E-state index is 0.0177. The van der Waals surface area contributed by atoms with Gasteiger partial charge < -0.3 is 14.7 Å². The molecule has 1 aliphatic carbocycles. The number of pyridine rings is 1. The van der Waals surface area contributed by atoms with Gasteiger partial charge in [-0.05, 0) is 42.2 Å². The van der Waals surface area contributed by atoms with Gasteiger partial charge in [-0.3, -0.25) is 9.59 Å². The molecular weight excluding hydrogens is 408 g/mol. The summed E-state index contributed by atoms with van der Waals surface area (Å²) >= 11 is 1.63. The maximum absolute atomic E-state index is 13.2. The van der Waals surface area contributed by atoms with Crippen LogP contribution < -0.4 is 9.80 Å². The zero-order chi connectivity index (χ0) is 21.1. The topological polar surface area (TPSA) is 56.8 Å². The van der Waals surface area contributed by atoms with E-state index in [1.54, 1.807) is 23.3 Å². The average molecular weight is 433 g/mol. The molecule has 31 heavy (non-hydrogen) atoms. The van der Waals surface area contributed by atoms with Gasteiger partial charge in [-0.25, -0.2) is 4.98 Å². The quantitative estimate of drug-likeness (QED) is 0.634. The maximum Gasteiger partial charge on any atom is 0.257 e. The number of anilines is 2. The van der Waals surface area contributed by atoms with E-state index in [1.807, 2.05) is 29.3 Å². The summed E-state index contributed by atoms with van der Waals surface area (Å²) in [6, 6.07) is 10.4. The first-order valence-corrected chi connectivity index (χ1v) is 11.7. The van der Waals surface area contributed by atoms with Crippen LogP contribution in [0.1, 0.15) is 33.6 Å². The molecule has 0 N–H and O–H groups in total. The fourth-order valence-corrected chi connectivity index (χ4v) is 6.12. The molecule has 3 aromatic rings. The lowest BCUT2D eigenvalue weighted by molar-refractivity contribution is -0.119. The minimum atomic E-state index is -0.0177. The van der Waals surface area contributed by atoms with E-state index >= 15 is 0 Å². The fraction of sp³-hybridized carbons (Fsp3) is 0.375. The zero-order valence-corrected chi connectivity index (χ0v) is 18.3. The van der Waals surface area contributed by atoms with Crippen LogP contribution in [-0.2, 0) is 17.8 Å².